The van der Waals surface area contributed by atoms with Gasteiger partial charge in [0.25, 0.3) is 0 Å². The molecule has 4 nitrogen and oxygen atoms in total. The van der Waals surface area contributed by atoms with Crippen molar-refractivity contribution in [3.8, 4) is 5.75 Å². The molecule has 1 aliphatic carbocycles. The first-order chi connectivity index (χ1) is 11.6. The van der Waals surface area contributed by atoms with Gasteiger partial charge in [0.05, 0.1) is 13.0 Å². The molecular weight excluding hydrogens is 336 g/mol. The van der Waals surface area contributed by atoms with Gasteiger partial charge < -0.3 is 15.0 Å². The average molecular weight is 367 g/mol. The Morgan fingerprint density at radius 3 is 2.56 bits per heavy atom. The number of hydrogen-bond donors (Lipinski definition) is 1. The lowest BCUT2D eigenvalue weighted by Gasteiger charge is -2.32. The predicted molar refractivity (Wildman–Crippen MR) is 104 cm³/mol. The molecule has 2 fully saturated rings. The summed E-state index contributed by atoms with van der Waals surface area (Å²) in [6.45, 7) is 7.51. The van der Waals surface area contributed by atoms with E-state index in [0.29, 0.717) is 19.1 Å². The van der Waals surface area contributed by atoms with E-state index < -0.39 is 0 Å². The second kappa shape index (κ2) is 9.44. The number of carbonyl (C=O) groups excluding carboxylic acids is 1. The van der Waals surface area contributed by atoms with E-state index >= 15 is 0 Å². The van der Waals surface area contributed by atoms with Gasteiger partial charge in [-0.1, -0.05) is 17.7 Å². The third-order valence-electron chi connectivity index (χ3n) is 5.14. The molecule has 0 bridgehead atoms. The number of likely N-dealkylation sites (tertiary alicyclic amines) is 1. The van der Waals surface area contributed by atoms with Gasteiger partial charge in [0.15, 0.2) is 0 Å². The maximum absolute atomic E-state index is 12.3. The molecule has 1 heterocycles. The second-order valence-corrected chi connectivity index (χ2v) is 7.37. The van der Waals surface area contributed by atoms with Crippen LogP contribution < -0.4 is 10.1 Å². The number of ether oxygens (including phenoxy) is 1. The number of nitrogens with one attached hydrogen (secondary N) is 1. The van der Waals surface area contributed by atoms with E-state index in [1.807, 2.05) is 24.0 Å². The third kappa shape index (κ3) is 6.19. The molecule has 1 saturated heterocycles. The van der Waals surface area contributed by atoms with Crippen molar-refractivity contribution >= 4 is 18.3 Å². The number of amides is 1. The molecule has 2 aliphatic rings. The Labute approximate surface area is 157 Å². The van der Waals surface area contributed by atoms with Crippen molar-refractivity contribution in [1.82, 2.24) is 10.2 Å². The minimum atomic E-state index is 0. The van der Waals surface area contributed by atoms with E-state index in [9.17, 15) is 4.79 Å². The molecule has 0 aromatic heterocycles. The highest BCUT2D eigenvalue weighted by Crippen LogP contribution is 2.28. The molecule has 1 amide bonds. The number of hydrogen-bond acceptors (Lipinski definition) is 3. The first kappa shape index (κ1) is 20.1. The highest BCUT2D eigenvalue weighted by Gasteiger charge is 2.25. The Kier molecular flexibility index (Phi) is 7.57. The van der Waals surface area contributed by atoms with Crippen molar-refractivity contribution in [1.29, 1.82) is 0 Å². The fourth-order valence-electron chi connectivity index (χ4n) is 3.36. The number of benzene rings is 1. The fourth-order valence-corrected chi connectivity index (χ4v) is 3.36. The van der Waals surface area contributed by atoms with Gasteiger partial charge in [-0.05, 0) is 63.6 Å². The van der Waals surface area contributed by atoms with Crippen LogP contribution in [-0.2, 0) is 4.79 Å². The van der Waals surface area contributed by atoms with E-state index in [2.05, 4.69) is 18.3 Å². The smallest absolute Gasteiger partial charge is 0.225 e. The first-order valence-electron chi connectivity index (χ1n) is 9.33. The van der Waals surface area contributed by atoms with Crippen LogP contribution in [0.2, 0.25) is 0 Å². The molecule has 0 atom stereocenters. The molecule has 0 unspecified atom stereocenters. The lowest BCUT2D eigenvalue weighted by Crippen LogP contribution is -2.45. The predicted octanol–water partition coefficient (Wildman–Crippen LogP) is 3.48. The summed E-state index contributed by atoms with van der Waals surface area (Å²) in [4.78, 5) is 14.3. The molecule has 3 rings (SSSR count). The standard InChI is InChI=1S/C20H30N2O2.ClH/c1-15-3-6-19(16(2)13-15)24-12-9-20(23)22-10-7-18(8-11-22)21-14-17-4-5-17;/h3,6,13,17-18,21H,4-5,7-12,14H2,1-2H3;1H. The topological polar surface area (TPSA) is 41.6 Å². The fraction of sp³-hybridized carbons (Fsp3) is 0.650. The van der Waals surface area contributed by atoms with E-state index in [-0.39, 0.29) is 18.3 Å². The van der Waals surface area contributed by atoms with E-state index in [0.717, 1.165) is 43.2 Å². The summed E-state index contributed by atoms with van der Waals surface area (Å²) in [7, 11) is 0. The molecule has 0 radical (unpaired) electrons. The van der Waals surface area contributed by atoms with E-state index in [1.165, 1.54) is 24.9 Å². The quantitative estimate of drug-likeness (QED) is 0.803. The summed E-state index contributed by atoms with van der Waals surface area (Å²) >= 11 is 0. The zero-order valence-corrected chi connectivity index (χ0v) is 16.2. The summed E-state index contributed by atoms with van der Waals surface area (Å²) in [5.74, 6) is 2.03. The Morgan fingerprint density at radius 2 is 1.92 bits per heavy atom. The number of nitrogens with zero attached hydrogens (tertiary/aromatic N) is 1. The molecular formula is C20H31ClN2O2. The van der Waals surface area contributed by atoms with Crippen LogP contribution in [0.1, 0.15) is 43.2 Å². The molecule has 25 heavy (non-hydrogen) atoms. The summed E-state index contributed by atoms with van der Waals surface area (Å²) in [6.07, 6.45) is 5.41. The number of carbonyl (C=O) groups is 1. The van der Waals surface area contributed by atoms with Gasteiger partial charge in [-0.2, -0.15) is 0 Å². The summed E-state index contributed by atoms with van der Waals surface area (Å²) in [5, 5.41) is 3.66. The van der Waals surface area contributed by atoms with Crippen molar-refractivity contribution in [3.05, 3.63) is 29.3 Å². The zero-order valence-electron chi connectivity index (χ0n) is 15.4. The van der Waals surface area contributed by atoms with Crippen LogP contribution in [0.5, 0.6) is 5.75 Å². The van der Waals surface area contributed by atoms with Crippen LogP contribution in [0, 0.1) is 19.8 Å². The minimum Gasteiger partial charge on any atom is -0.493 e. The van der Waals surface area contributed by atoms with Gasteiger partial charge in [-0.25, -0.2) is 0 Å². The van der Waals surface area contributed by atoms with Crippen molar-refractivity contribution in [2.75, 3.05) is 26.2 Å². The van der Waals surface area contributed by atoms with Crippen molar-refractivity contribution in [3.63, 3.8) is 0 Å². The van der Waals surface area contributed by atoms with Crippen LogP contribution in [0.15, 0.2) is 18.2 Å². The number of aryl methyl sites for hydroxylation is 2. The zero-order chi connectivity index (χ0) is 16.9. The van der Waals surface area contributed by atoms with E-state index in [1.54, 1.807) is 0 Å². The highest BCUT2D eigenvalue weighted by molar-refractivity contribution is 5.85. The number of halogens is 1. The summed E-state index contributed by atoms with van der Waals surface area (Å²) < 4.78 is 5.79. The normalized spacial score (nSPS) is 17.9. The molecule has 1 saturated carbocycles. The monoisotopic (exact) mass is 366 g/mol. The first-order valence-corrected chi connectivity index (χ1v) is 9.33. The third-order valence-corrected chi connectivity index (χ3v) is 5.14. The maximum Gasteiger partial charge on any atom is 0.225 e. The number of piperidine rings is 1. The Bertz CT molecular complexity index is 567. The lowest BCUT2D eigenvalue weighted by atomic mass is 10.0. The Hall–Kier alpha value is -1.26. The maximum atomic E-state index is 12.3. The molecule has 1 aromatic rings. The van der Waals surface area contributed by atoms with Crippen LogP contribution in [0.25, 0.3) is 0 Å². The highest BCUT2D eigenvalue weighted by atomic mass is 35.5. The van der Waals surface area contributed by atoms with Gasteiger partial charge in [-0.3, -0.25) is 4.79 Å². The molecule has 1 N–H and O–H groups in total. The lowest BCUT2D eigenvalue weighted by molar-refractivity contribution is -0.132. The summed E-state index contributed by atoms with van der Waals surface area (Å²) in [6, 6.07) is 6.74. The van der Waals surface area contributed by atoms with Crippen LogP contribution >= 0.6 is 12.4 Å². The van der Waals surface area contributed by atoms with Gasteiger partial charge in [-0.15, -0.1) is 12.4 Å². The molecule has 5 heteroatoms. The Balaban J connectivity index is 0.00000225. The number of rotatable bonds is 7. The van der Waals surface area contributed by atoms with Crippen molar-refractivity contribution < 1.29 is 9.53 Å². The van der Waals surface area contributed by atoms with Gasteiger partial charge in [0.1, 0.15) is 5.75 Å². The van der Waals surface area contributed by atoms with Crippen LogP contribution in [-0.4, -0.2) is 43.1 Å². The van der Waals surface area contributed by atoms with Crippen molar-refractivity contribution in [2.45, 2.75) is 52.0 Å². The van der Waals surface area contributed by atoms with Crippen LogP contribution in [0.4, 0.5) is 0 Å². The van der Waals surface area contributed by atoms with Gasteiger partial charge >= 0.3 is 0 Å². The Morgan fingerprint density at radius 1 is 1.20 bits per heavy atom. The molecule has 140 valence electrons. The average Bonchev–Trinajstić information content (AvgIpc) is 3.40. The van der Waals surface area contributed by atoms with E-state index in [4.69, 9.17) is 4.74 Å². The molecule has 1 aromatic carbocycles. The summed E-state index contributed by atoms with van der Waals surface area (Å²) in [5.41, 5.74) is 2.36. The molecule has 1 aliphatic heterocycles. The van der Waals surface area contributed by atoms with Crippen LogP contribution in [0.3, 0.4) is 0 Å². The largest absolute Gasteiger partial charge is 0.493 e. The minimum absolute atomic E-state index is 0. The second-order valence-electron chi connectivity index (χ2n) is 7.37. The van der Waals surface area contributed by atoms with Crippen molar-refractivity contribution in [2.24, 2.45) is 5.92 Å². The SMILES string of the molecule is Cc1ccc(OCCC(=O)N2CCC(NCC3CC3)CC2)c(C)c1.Cl. The van der Waals surface area contributed by atoms with Gasteiger partial charge in [0, 0.05) is 19.1 Å². The molecule has 0 spiro atoms. The van der Waals surface area contributed by atoms with Gasteiger partial charge in [0.2, 0.25) is 5.91 Å².